The van der Waals surface area contributed by atoms with E-state index < -0.39 is 16.3 Å². The van der Waals surface area contributed by atoms with Crippen LogP contribution in [0.15, 0.2) is 0 Å². The van der Waals surface area contributed by atoms with Crippen molar-refractivity contribution < 1.29 is 15.0 Å². The van der Waals surface area contributed by atoms with E-state index in [0.717, 1.165) is 0 Å². The molecule has 0 fully saturated rings. The molecule has 0 aliphatic rings. The molecule has 14 heavy (non-hydrogen) atoms. The number of aliphatic hydroxyl groups is 1. The summed E-state index contributed by atoms with van der Waals surface area (Å²) in [6.07, 6.45) is 0. The first-order valence-corrected chi connectivity index (χ1v) is 5.68. The molecule has 0 saturated carbocycles. The third-order valence-electron chi connectivity index (χ3n) is 2.48. The van der Waals surface area contributed by atoms with Crippen LogP contribution < -0.4 is 0 Å². The number of aliphatic carboxylic acids is 1. The van der Waals surface area contributed by atoms with Crippen LogP contribution in [0.4, 0.5) is 0 Å². The SMILES string of the molecule is CC(C)C(C)(O)CSC(C)(C)C(=O)O. The van der Waals surface area contributed by atoms with Gasteiger partial charge in [0.15, 0.2) is 0 Å². The average molecular weight is 220 g/mol. The Morgan fingerprint density at radius 3 is 2.07 bits per heavy atom. The highest BCUT2D eigenvalue weighted by atomic mass is 32.2. The van der Waals surface area contributed by atoms with Gasteiger partial charge in [-0.3, -0.25) is 4.79 Å². The van der Waals surface area contributed by atoms with E-state index in [1.165, 1.54) is 11.8 Å². The van der Waals surface area contributed by atoms with Crippen molar-refractivity contribution in [3.8, 4) is 0 Å². The van der Waals surface area contributed by atoms with Gasteiger partial charge in [-0.1, -0.05) is 13.8 Å². The number of thioether (sulfide) groups is 1. The molecule has 0 bridgehead atoms. The van der Waals surface area contributed by atoms with Crippen molar-refractivity contribution >= 4 is 17.7 Å². The number of carbonyl (C=O) groups is 1. The van der Waals surface area contributed by atoms with Gasteiger partial charge >= 0.3 is 5.97 Å². The predicted octanol–water partition coefficient (Wildman–Crippen LogP) is 1.99. The Labute approximate surface area is 89.9 Å². The fraction of sp³-hybridized carbons (Fsp3) is 0.900. The first-order chi connectivity index (χ1) is 6.09. The lowest BCUT2D eigenvalue weighted by Gasteiger charge is -2.30. The first kappa shape index (κ1) is 13.8. The third-order valence-corrected chi connectivity index (χ3v) is 4.11. The summed E-state index contributed by atoms with van der Waals surface area (Å²) in [5.74, 6) is -0.286. The molecular formula is C10H20O3S. The van der Waals surface area contributed by atoms with Gasteiger partial charge in [0.05, 0.1) is 5.60 Å². The van der Waals surface area contributed by atoms with Crippen molar-refractivity contribution in [3.05, 3.63) is 0 Å². The van der Waals surface area contributed by atoms with E-state index in [-0.39, 0.29) is 5.92 Å². The molecule has 3 nitrogen and oxygen atoms in total. The normalized spacial score (nSPS) is 16.8. The van der Waals surface area contributed by atoms with Crippen LogP contribution in [0.1, 0.15) is 34.6 Å². The molecule has 0 heterocycles. The maximum absolute atomic E-state index is 10.8. The van der Waals surface area contributed by atoms with E-state index in [1.54, 1.807) is 20.8 Å². The van der Waals surface area contributed by atoms with Crippen LogP contribution in [0, 0.1) is 5.92 Å². The molecule has 0 aliphatic heterocycles. The lowest BCUT2D eigenvalue weighted by atomic mass is 9.95. The van der Waals surface area contributed by atoms with Crippen molar-refractivity contribution in [2.45, 2.75) is 45.0 Å². The van der Waals surface area contributed by atoms with Gasteiger partial charge in [0.25, 0.3) is 0 Å². The van der Waals surface area contributed by atoms with Gasteiger partial charge in [0.1, 0.15) is 4.75 Å². The Bertz CT molecular complexity index is 209. The quantitative estimate of drug-likeness (QED) is 0.744. The molecule has 0 rings (SSSR count). The van der Waals surface area contributed by atoms with Crippen LogP contribution in [0.3, 0.4) is 0 Å². The van der Waals surface area contributed by atoms with E-state index in [9.17, 15) is 9.90 Å². The summed E-state index contributed by atoms with van der Waals surface area (Å²) in [7, 11) is 0. The van der Waals surface area contributed by atoms with E-state index in [1.807, 2.05) is 13.8 Å². The summed E-state index contributed by atoms with van der Waals surface area (Å²) >= 11 is 1.27. The molecule has 0 spiro atoms. The van der Waals surface area contributed by atoms with Gasteiger partial charge in [-0.25, -0.2) is 0 Å². The molecule has 2 N–H and O–H groups in total. The van der Waals surface area contributed by atoms with Crippen molar-refractivity contribution in [3.63, 3.8) is 0 Å². The molecule has 0 aromatic heterocycles. The van der Waals surface area contributed by atoms with Gasteiger partial charge in [0, 0.05) is 5.75 Å². The first-order valence-electron chi connectivity index (χ1n) is 4.69. The molecule has 84 valence electrons. The zero-order chi connectivity index (χ0) is 11.6. The number of rotatable bonds is 5. The summed E-state index contributed by atoms with van der Waals surface area (Å²) in [4.78, 5) is 10.8. The van der Waals surface area contributed by atoms with E-state index in [0.29, 0.717) is 5.75 Å². The number of carboxylic acids is 1. The Kier molecular flexibility index (Phi) is 4.46. The van der Waals surface area contributed by atoms with Crippen molar-refractivity contribution in [1.29, 1.82) is 0 Å². The lowest BCUT2D eigenvalue weighted by Crippen LogP contribution is -2.37. The molecule has 1 atom stereocenters. The van der Waals surface area contributed by atoms with Crippen LogP contribution in [-0.4, -0.2) is 32.3 Å². The largest absolute Gasteiger partial charge is 0.480 e. The average Bonchev–Trinajstić information content (AvgIpc) is 2.01. The fourth-order valence-corrected chi connectivity index (χ4v) is 1.66. The number of hydrogen-bond acceptors (Lipinski definition) is 3. The van der Waals surface area contributed by atoms with E-state index in [4.69, 9.17) is 5.11 Å². The second-order valence-corrected chi connectivity index (χ2v) is 6.21. The maximum Gasteiger partial charge on any atom is 0.319 e. The minimum atomic E-state index is -0.845. The minimum absolute atomic E-state index is 0.125. The standard InChI is InChI=1S/C10H20O3S/c1-7(2)10(5,13)6-14-9(3,4)8(11)12/h7,13H,6H2,1-5H3,(H,11,12). The maximum atomic E-state index is 10.8. The lowest BCUT2D eigenvalue weighted by molar-refractivity contribution is -0.138. The molecule has 0 aliphatic carbocycles. The van der Waals surface area contributed by atoms with Crippen LogP contribution in [0.25, 0.3) is 0 Å². The highest BCUT2D eigenvalue weighted by molar-refractivity contribution is 8.01. The zero-order valence-corrected chi connectivity index (χ0v) is 10.3. The monoisotopic (exact) mass is 220 g/mol. The van der Waals surface area contributed by atoms with Crippen LogP contribution >= 0.6 is 11.8 Å². The predicted molar refractivity (Wildman–Crippen MR) is 59.6 cm³/mol. The second kappa shape index (κ2) is 4.53. The van der Waals surface area contributed by atoms with E-state index in [2.05, 4.69) is 0 Å². The van der Waals surface area contributed by atoms with Gasteiger partial charge in [-0.05, 0) is 26.7 Å². The molecule has 4 heteroatoms. The minimum Gasteiger partial charge on any atom is -0.480 e. The zero-order valence-electron chi connectivity index (χ0n) is 9.50. The van der Waals surface area contributed by atoms with Gasteiger partial charge in [0.2, 0.25) is 0 Å². The van der Waals surface area contributed by atoms with Gasteiger partial charge < -0.3 is 10.2 Å². The van der Waals surface area contributed by atoms with Gasteiger partial charge in [-0.15, -0.1) is 11.8 Å². The van der Waals surface area contributed by atoms with Crippen molar-refractivity contribution in [2.24, 2.45) is 5.92 Å². The van der Waals surface area contributed by atoms with Crippen LogP contribution in [0.2, 0.25) is 0 Å². The smallest absolute Gasteiger partial charge is 0.319 e. The summed E-state index contributed by atoms with van der Waals surface area (Å²) in [5.41, 5.74) is -0.808. The van der Waals surface area contributed by atoms with Crippen molar-refractivity contribution in [2.75, 3.05) is 5.75 Å². The number of hydrogen-bond donors (Lipinski definition) is 2. The van der Waals surface area contributed by atoms with Crippen molar-refractivity contribution in [1.82, 2.24) is 0 Å². The second-order valence-electron chi connectivity index (χ2n) is 4.62. The van der Waals surface area contributed by atoms with Gasteiger partial charge in [-0.2, -0.15) is 0 Å². The summed E-state index contributed by atoms with van der Waals surface area (Å²) in [6, 6.07) is 0. The molecule has 0 aromatic carbocycles. The van der Waals surface area contributed by atoms with E-state index >= 15 is 0 Å². The molecular weight excluding hydrogens is 200 g/mol. The Morgan fingerprint density at radius 2 is 1.79 bits per heavy atom. The highest BCUT2D eigenvalue weighted by Crippen LogP contribution is 2.30. The molecule has 0 saturated heterocycles. The Balaban J connectivity index is 4.25. The molecule has 0 amide bonds. The number of carboxylic acid groups (broad SMARTS) is 1. The molecule has 0 aromatic rings. The third kappa shape index (κ3) is 3.88. The topological polar surface area (TPSA) is 57.5 Å². The fourth-order valence-electron chi connectivity index (χ4n) is 0.555. The molecule has 0 radical (unpaired) electrons. The Morgan fingerprint density at radius 1 is 1.36 bits per heavy atom. The molecule has 1 unspecified atom stereocenters. The summed E-state index contributed by atoms with van der Waals surface area (Å²) < 4.78 is -0.834. The summed E-state index contributed by atoms with van der Waals surface area (Å²) in [5, 5.41) is 18.8. The van der Waals surface area contributed by atoms with Crippen LogP contribution in [0.5, 0.6) is 0 Å². The summed E-state index contributed by atoms with van der Waals surface area (Å²) in [6.45, 7) is 8.89. The Hall–Kier alpha value is -0.220. The van der Waals surface area contributed by atoms with Crippen LogP contribution in [-0.2, 0) is 4.79 Å². The highest BCUT2D eigenvalue weighted by Gasteiger charge is 2.33.